The molecule has 1 aliphatic rings. The van der Waals surface area contributed by atoms with Gasteiger partial charge in [-0.15, -0.1) is 6.58 Å². The smallest absolute Gasteiger partial charge is 0.254 e. The van der Waals surface area contributed by atoms with E-state index in [0.29, 0.717) is 6.54 Å². The van der Waals surface area contributed by atoms with Crippen molar-refractivity contribution in [2.45, 2.75) is 19.6 Å². The molecule has 0 aliphatic carbocycles. The predicted octanol–water partition coefficient (Wildman–Crippen LogP) is 1.49. The minimum absolute atomic E-state index is 0.0333. The van der Waals surface area contributed by atoms with Crippen LogP contribution in [0.15, 0.2) is 24.8 Å². The molecule has 84 valence electrons. The number of aliphatic hydroxyl groups is 1. The second-order valence-electron chi connectivity index (χ2n) is 4.09. The molecule has 0 fully saturated rings. The molecule has 1 aliphatic heterocycles. The summed E-state index contributed by atoms with van der Waals surface area (Å²) in [7, 11) is 1.79. The highest BCUT2D eigenvalue weighted by Gasteiger charge is 2.26. The third-order valence-electron chi connectivity index (χ3n) is 2.92. The summed E-state index contributed by atoms with van der Waals surface area (Å²) in [6.07, 6.45) is 2.55. The van der Waals surface area contributed by atoms with Crippen molar-refractivity contribution in [2.75, 3.05) is 7.05 Å². The van der Waals surface area contributed by atoms with Gasteiger partial charge in [0.1, 0.15) is 0 Å². The van der Waals surface area contributed by atoms with Crippen molar-refractivity contribution in [3.63, 3.8) is 0 Å². The lowest BCUT2D eigenvalue weighted by molar-refractivity contribution is 0.0816. The first-order valence-electron chi connectivity index (χ1n) is 5.29. The molecule has 16 heavy (non-hydrogen) atoms. The lowest BCUT2D eigenvalue weighted by Gasteiger charge is -2.07. The van der Waals surface area contributed by atoms with Crippen LogP contribution in [0.25, 0.3) is 0 Å². The van der Waals surface area contributed by atoms with Gasteiger partial charge in [0.2, 0.25) is 0 Å². The number of hydrogen-bond acceptors (Lipinski definition) is 2. The summed E-state index contributed by atoms with van der Waals surface area (Å²) in [5, 5.41) is 9.16. The van der Waals surface area contributed by atoms with Crippen molar-refractivity contribution in [1.82, 2.24) is 4.90 Å². The van der Waals surface area contributed by atoms with Gasteiger partial charge in [0, 0.05) is 19.2 Å². The van der Waals surface area contributed by atoms with Crippen molar-refractivity contribution < 1.29 is 9.90 Å². The Morgan fingerprint density at radius 3 is 2.94 bits per heavy atom. The highest BCUT2D eigenvalue weighted by Crippen LogP contribution is 2.27. The van der Waals surface area contributed by atoms with Crippen molar-refractivity contribution >= 4 is 5.91 Å². The SMILES string of the molecule is C=CCc1cc(CO)cc2c1CN(C)C2=O. The van der Waals surface area contributed by atoms with Crippen LogP contribution in [-0.4, -0.2) is 23.0 Å². The maximum Gasteiger partial charge on any atom is 0.254 e. The molecule has 0 atom stereocenters. The normalized spacial score (nSPS) is 14.1. The number of amides is 1. The van der Waals surface area contributed by atoms with E-state index in [-0.39, 0.29) is 12.5 Å². The zero-order valence-electron chi connectivity index (χ0n) is 9.36. The summed E-state index contributed by atoms with van der Waals surface area (Å²) in [5.74, 6) is 0.0376. The van der Waals surface area contributed by atoms with Gasteiger partial charge < -0.3 is 10.0 Å². The van der Waals surface area contributed by atoms with Crippen LogP contribution >= 0.6 is 0 Å². The zero-order valence-corrected chi connectivity index (χ0v) is 9.36. The number of rotatable bonds is 3. The van der Waals surface area contributed by atoms with Gasteiger partial charge in [-0.2, -0.15) is 0 Å². The lowest BCUT2D eigenvalue weighted by atomic mass is 9.97. The topological polar surface area (TPSA) is 40.5 Å². The molecule has 0 spiro atoms. The van der Waals surface area contributed by atoms with Crippen molar-refractivity contribution in [3.05, 3.63) is 47.0 Å². The second kappa shape index (κ2) is 4.10. The molecule has 1 heterocycles. The summed E-state index contributed by atoms with van der Waals surface area (Å²) in [6.45, 7) is 4.34. The average molecular weight is 217 g/mol. The molecule has 1 N–H and O–H groups in total. The first-order valence-corrected chi connectivity index (χ1v) is 5.29. The van der Waals surface area contributed by atoms with Gasteiger partial charge >= 0.3 is 0 Å². The molecule has 1 aromatic carbocycles. The van der Waals surface area contributed by atoms with Crippen LogP contribution in [0.4, 0.5) is 0 Å². The minimum Gasteiger partial charge on any atom is -0.392 e. The van der Waals surface area contributed by atoms with Crippen LogP contribution in [0.3, 0.4) is 0 Å². The first-order chi connectivity index (χ1) is 7.67. The van der Waals surface area contributed by atoms with Crippen LogP contribution < -0.4 is 0 Å². The van der Waals surface area contributed by atoms with E-state index < -0.39 is 0 Å². The molecule has 0 aromatic heterocycles. The number of nitrogens with zero attached hydrogens (tertiary/aromatic N) is 1. The van der Waals surface area contributed by atoms with E-state index in [0.717, 1.165) is 28.7 Å². The minimum atomic E-state index is -0.0333. The van der Waals surface area contributed by atoms with Crippen LogP contribution in [-0.2, 0) is 19.6 Å². The van der Waals surface area contributed by atoms with Gasteiger partial charge in [0.15, 0.2) is 0 Å². The van der Waals surface area contributed by atoms with E-state index in [2.05, 4.69) is 6.58 Å². The largest absolute Gasteiger partial charge is 0.392 e. The Bertz CT molecular complexity index is 451. The number of hydrogen-bond donors (Lipinski definition) is 1. The molecule has 0 saturated carbocycles. The summed E-state index contributed by atoms with van der Waals surface area (Å²) in [5.41, 5.74) is 3.68. The summed E-state index contributed by atoms with van der Waals surface area (Å²) >= 11 is 0. The zero-order chi connectivity index (χ0) is 11.7. The third kappa shape index (κ3) is 1.63. The molecule has 0 radical (unpaired) electrons. The van der Waals surface area contributed by atoms with Crippen LogP contribution in [0.1, 0.15) is 27.0 Å². The maximum atomic E-state index is 11.8. The van der Waals surface area contributed by atoms with Gasteiger partial charge in [-0.3, -0.25) is 4.79 Å². The van der Waals surface area contributed by atoms with Gasteiger partial charge in [-0.25, -0.2) is 0 Å². The molecule has 0 saturated heterocycles. The molecule has 1 amide bonds. The second-order valence-corrected chi connectivity index (χ2v) is 4.09. The molecular formula is C13H15NO2. The van der Waals surface area contributed by atoms with Crippen molar-refractivity contribution in [1.29, 1.82) is 0 Å². The van der Waals surface area contributed by atoms with Crippen molar-refractivity contribution in [2.24, 2.45) is 0 Å². The number of benzene rings is 1. The van der Waals surface area contributed by atoms with Crippen LogP contribution in [0.2, 0.25) is 0 Å². The van der Waals surface area contributed by atoms with E-state index in [1.165, 1.54) is 0 Å². The number of carbonyl (C=O) groups excluding carboxylic acids is 1. The Kier molecular flexibility index (Phi) is 2.79. The summed E-state index contributed by atoms with van der Waals surface area (Å²) < 4.78 is 0. The third-order valence-corrected chi connectivity index (χ3v) is 2.92. The van der Waals surface area contributed by atoms with Gasteiger partial charge in [0.05, 0.1) is 6.61 Å². The fraction of sp³-hybridized carbons (Fsp3) is 0.308. The Morgan fingerprint density at radius 1 is 1.56 bits per heavy atom. The van der Waals surface area contributed by atoms with Gasteiger partial charge in [0.25, 0.3) is 5.91 Å². The van der Waals surface area contributed by atoms with Crippen molar-refractivity contribution in [3.8, 4) is 0 Å². The standard InChI is InChI=1S/C13H15NO2/c1-3-4-10-5-9(8-15)6-11-12(10)7-14(2)13(11)16/h3,5-6,15H,1,4,7-8H2,2H3. The van der Waals surface area contributed by atoms with E-state index in [1.807, 2.05) is 12.1 Å². The Balaban J connectivity index is 2.55. The monoisotopic (exact) mass is 217 g/mol. The molecule has 2 rings (SSSR count). The number of fused-ring (bicyclic) bond motifs is 1. The fourth-order valence-electron chi connectivity index (χ4n) is 2.12. The highest BCUT2D eigenvalue weighted by atomic mass is 16.3. The Labute approximate surface area is 95.0 Å². The molecule has 1 aromatic rings. The van der Waals surface area contributed by atoms with Crippen LogP contribution in [0.5, 0.6) is 0 Å². The molecular weight excluding hydrogens is 202 g/mol. The molecule has 0 bridgehead atoms. The maximum absolute atomic E-state index is 11.8. The average Bonchev–Trinajstić information content (AvgIpc) is 2.57. The van der Waals surface area contributed by atoms with Gasteiger partial charge in [-0.05, 0) is 29.2 Å². The number of carbonyl (C=O) groups is 1. The molecule has 3 nitrogen and oxygen atoms in total. The summed E-state index contributed by atoms with van der Waals surface area (Å²) in [4.78, 5) is 13.5. The van der Waals surface area contributed by atoms with Gasteiger partial charge in [-0.1, -0.05) is 12.1 Å². The fourth-order valence-corrected chi connectivity index (χ4v) is 2.12. The van der Waals surface area contributed by atoms with E-state index >= 15 is 0 Å². The van der Waals surface area contributed by atoms with E-state index in [4.69, 9.17) is 5.11 Å². The lowest BCUT2D eigenvalue weighted by Crippen LogP contribution is -2.17. The Hall–Kier alpha value is -1.61. The first kappa shape index (κ1) is 10.9. The highest BCUT2D eigenvalue weighted by molar-refractivity contribution is 5.98. The summed E-state index contributed by atoms with van der Waals surface area (Å²) in [6, 6.07) is 3.74. The van der Waals surface area contributed by atoms with E-state index in [1.54, 1.807) is 18.0 Å². The number of allylic oxidation sites excluding steroid dienone is 1. The Morgan fingerprint density at radius 2 is 2.31 bits per heavy atom. The van der Waals surface area contributed by atoms with E-state index in [9.17, 15) is 4.79 Å². The predicted molar refractivity (Wildman–Crippen MR) is 62.1 cm³/mol. The molecule has 0 unspecified atom stereocenters. The molecule has 3 heteroatoms. The van der Waals surface area contributed by atoms with Crippen LogP contribution in [0, 0.1) is 0 Å². The number of aliphatic hydroxyl groups excluding tert-OH is 1. The quantitative estimate of drug-likeness (QED) is 0.779.